The van der Waals surface area contributed by atoms with Crippen molar-refractivity contribution < 1.29 is 14.6 Å². The molecule has 1 aromatic carbocycles. The van der Waals surface area contributed by atoms with E-state index in [-0.39, 0.29) is 0 Å². The molecule has 8 heteroatoms. The van der Waals surface area contributed by atoms with Crippen molar-refractivity contribution in [1.29, 1.82) is 0 Å². The van der Waals surface area contributed by atoms with Gasteiger partial charge in [-0.15, -0.1) is 0 Å². The lowest BCUT2D eigenvalue weighted by Gasteiger charge is -2.34. The van der Waals surface area contributed by atoms with Crippen LogP contribution in [0.25, 0.3) is 0 Å². The Morgan fingerprint density at radius 1 is 1.16 bits per heavy atom. The van der Waals surface area contributed by atoms with Gasteiger partial charge in [0.25, 0.3) is 0 Å². The lowest BCUT2D eigenvalue weighted by Crippen LogP contribution is -2.52. The van der Waals surface area contributed by atoms with E-state index < -0.39 is 5.60 Å². The molecular formula is C24H43N5O3. The van der Waals surface area contributed by atoms with E-state index in [9.17, 15) is 5.11 Å². The Kier molecular flexibility index (Phi) is 11.8. The van der Waals surface area contributed by atoms with Gasteiger partial charge in [-0.25, -0.2) is 4.99 Å². The second kappa shape index (κ2) is 14.3. The van der Waals surface area contributed by atoms with E-state index in [2.05, 4.69) is 39.3 Å². The van der Waals surface area contributed by atoms with Gasteiger partial charge in [0.2, 0.25) is 0 Å². The first-order chi connectivity index (χ1) is 15.5. The fourth-order valence-electron chi connectivity index (χ4n) is 3.61. The summed E-state index contributed by atoms with van der Waals surface area (Å²) in [4.78, 5) is 9.25. The number of benzene rings is 1. The van der Waals surface area contributed by atoms with Crippen LogP contribution in [0.5, 0.6) is 5.75 Å². The van der Waals surface area contributed by atoms with Crippen LogP contribution in [0, 0.1) is 0 Å². The molecule has 0 bridgehead atoms. The number of aliphatic imine (C=N–C) groups is 1. The number of likely N-dealkylation sites (N-methyl/N-ethyl adjacent to an activating group) is 1. The van der Waals surface area contributed by atoms with Crippen LogP contribution < -0.4 is 15.4 Å². The molecule has 1 aliphatic rings. The summed E-state index contributed by atoms with van der Waals surface area (Å²) < 4.78 is 11.2. The van der Waals surface area contributed by atoms with Crippen molar-refractivity contribution in [2.24, 2.45) is 4.99 Å². The molecule has 1 saturated heterocycles. The average Bonchev–Trinajstić information content (AvgIpc) is 2.80. The van der Waals surface area contributed by atoms with Gasteiger partial charge in [0.15, 0.2) is 5.96 Å². The minimum absolute atomic E-state index is 0.426. The molecule has 3 N–H and O–H groups in total. The minimum Gasteiger partial charge on any atom is -0.492 e. The predicted molar refractivity (Wildman–Crippen MR) is 130 cm³/mol. The molecule has 0 aromatic heterocycles. The van der Waals surface area contributed by atoms with E-state index in [1.165, 1.54) is 0 Å². The second-order valence-electron chi connectivity index (χ2n) is 8.45. The molecule has 8 nitrogen and oxygen atoms in total. The zero-order chi connectivity index (χ0) is 23.2. The fraction of sp³-hybridized carbons (Fsp3) is 0.708. The fourth-order valence-corrected chi connectivity index (χ4v) is 3.61. The number of ether oxygens (including phenoxy) is 2. The van der Waals surface area contributed by atoms with Gasteiger partial charge in [0.1, 0.15) is 12.4 Å². The number of morpholine rings is 1. The minimum atomic E-state index is -0.850. The summed E-state index contributed by atoms with van der Waals surface area (Å²) in [6, 6.07) is 8.10. The zero-order valence-electron chi connectivity index (χ0n) is 20.4. The van der Waals surface area contributed by atoms with E-state index in [0.717, 1.165) is 63.8 Å². The number of nitrogens with zero attached hydrogens (tertiary/aromatic N) is 3. The monoisotopic (exact) mass is 449 g/mol. The van der Waals surface area contributed by atoms with E-state index in [1.54, 1.807) is 0 Å². The SMILES string of the molecule is CCNC(=NCc1ccc(OCCN(CC)CC)cc1)NCC(C)(O)CN1CCOCC1. The first-order valence-electron chi connectivity index (χ1n) is 11.9. The summed E-state index contributed by atoms with van der Waals surface area (Å²) in [6.07, 6.45) is 0. The molecule has 32 heavy (non-hydrogen) atoms. The molecule has 1 heterocycles. The van der Waals surface area contributed by atoms with Crippen molar-refractivity contribution in [3.8, 4) is 5.75 Å². The van der Waals surface area contributed by atoms with Gasteiger partial charge in [-0.05, 0) is 44.6 Å². The largest absolute Gasteiger partial charge is 0.492 e. The summed E-state index contributed by atoms with van der Waals surface area (Å²) in [5.74, 6) is 1.59. The molecule has 2 rings (SSSR count). The van der Waals surface area contributed by atoms with Crippen LogP contribution in [0.15, 0.2) is 29.3 Å². The molecule has 1 aromatic rings. The van der Waals surface area contributed by atoms with Gasteiger partial charge in [0.05, 0.1) is 25.4 Å². The van der Waals surface area contributed by atoms with Crippen molar-refractivity contribution in [3.05, 3.63) is 29.8 Å². The first-order valence-corrected chi connectivity index (χ1v) is 11.9. The van der Waals surface area contributed by atoms with Gasteiger partial charge < -0.3 is 30.1 Å². The standard InChI is InChI=1S/C24H43N5O3/c1-5-25-23(27-19-24(4,30)20-29-12-15-31-16-13-29)26-18-21-8-10-22(11-9-21)32-17-14-28(6-2)7-3/h8-11,30H,5-7,12-20H2,1-4H3,(H2,25,26,27). The van der Waals surface area contributed by atoms with Crippen LogP contribution in [0.3, 0.4) is 0 Å². The number of hydrogen-bond donors (Lipinski definition) is 3. The number of guanidine groups is 1. The van der Waals surface area contributed by atoms with Crippen LogP contribution in [0.4, 0.5) is 0 Å². The molecule has 182 valence electrons. The number of aliphatic hydroxyl groups is 1. The summed E-state index contributed by atoms with van der Waals surface area (Å²) in [6.45, 7) is 17.5. The smallest absolute Gasteiger partial charge is 0.191 e. The lowest BCUT2D eigenvalue weighted by atomic mass is 10.1. The number of hydrogen-bond acceptors (Lipinski definition) is 6. The van der Waals surface area contributed by atoms with Crippen LogP contribution in [0.1, 0.15) is 33.3 Å². The third-order valence-electron chi connectivity index (χ3n) is 5.56. The van der Waals surface area contributed by atoms with Gasteiger partial charge >= 0.3 is 0 Å². The Morgan fingerprint density at radius 2 is 1.84 bits per heavy atom. The molecule has 0 saturated carbocycles. The van der Waals surface area contributed by atoms with E-state index in [0.29, 0.717) is 32.2 Å². The second-order valence-corrected chi connectivity index (χ2v) is 8.45. The van der Waals surface area contributed by atoms with E-state index in [4.69, 9.17) is 9.47 Å². The highest BCUT2D eigenvalue weighted by Crippen LogP contribution is 2.13. The molecule has 0 amide bonds. The molecule has 1 unspecified atom stereocenters. The molecule has 1 fully saturated rings. The van der Waals surface area contributed by atoms with Crippen LogP contribution >= 0.6 is 0 Å². The summed E-state index contributed by atoms with van der Waals surface area (Å²) in [7, 11) is 0. The van der Waals surface area contributed by atoms with E-state index >= 15 is 0 Å². The third-order valence-corrected chi connectivity index (χ3v) is 5.56. The van der Waals surface area contributed by atoms with Gasteiger partial charge in [-0.3, -0.25) is 4.90 Å². The summed E-state index contributed by atoms with van der Waals surface area (Å²) in [5, 5.41) is 17.3. The predicted octanol–water partition coefficient (Wildman–Crippen LogP) is 1.55. The summed E-state index contributed by atoms with van der Waals surface area (Å²) in [5.41, 5.74) is 0.260. The number of β-amino-alcohol motifs (C(OH)–C–C–N with tert-alkyl or cyclic N) is 1. The van der Waals surface area contributed by atoms with Crippen LogP contribution in [-0.4, -0.2) is 98.6 Å². The maximum atomic E-state index is 10.8. The molecule has 0 spiro atoms. The van der Waals surface area contributed by atoms with Gasteiger partial charge in [-0.2, -0.15) is 0 Å². The highest BCUT2D eigenvalue weighted by Gasteiger charge is 2.25. The summed E-state index contributed by atoms with van der Waals surface area (Å²) >= 11 is 0. The van der Waals surface area contributed by atoms with Crippen molar-refractivity contribution >= 4 is 5.96 Å². The third kappa shape index (κ3) is 10.2. The maximum absolute atomic E-state index is 10.8. The van der Waals surface area contributed by atoms with Gasteiger partial charge in [-0.1, -0.05) is 26.0 Å². The molecular weight excluding hydrogens is 406 g/mol. The molecule has 1 atom stereocenters. The average molecular weight is 450 g/mol. The Bertz CT molecular complexity index is 656. The molecule has 0 aliphatic carbocycles. The van der Waals surface area contributed by atoms with Crippen molar-refractivity contribution in [3.63, 3.8) is 0 Å². The van der Waals surface area contributed by atoms with Gasteiger partial charge in [0, 0.05) is 39.3 Å². The topological polar surface area (TPSA) is 81.6 Å². The highest BCUT2D eigenvalue weighted by atomic mass is 16.5. The van der Waals surface area contributed by atoms with E-state index in [1.807, 2.05) is 38.1 Å². The van der Waals surface area contributed by atoms with Crippen LogP contribution in [-0.2, 0) is 11.3 Å². The molecule has 0 radical (unpaired) electrons. The Balaban J connectivity index is 1.81. The van der Waals surface area contributed by atoms with Crippen molar-refractivity contribution in [2.75, 3.05) is 72.2 Å². The van der Waals surface area contributed by atoms with Crippen LogP contribution in [0.2, 0.25) is 0 Å². The molecule has 1 aliphatic heterocycles. The Hall–Kier alpha value is -1.87. The normalized spacial score (nSPS) is 17.2. The number of nitrogens with one attached hydrogen (secondary N) is 2. The lowest BCUT2D eigenvalue weighted by molar-refractivity contribution is -0.0201. The quantitative estimate of drug-likeness (QED) is 0.311. The zero-order valence-corrected chi connectivity index (χ0v) is 20.4. The van der Waals surface area contributed by atoms with Crippen molar-refractivity contribution in [1.82, 2.24) is 20.4 Å². The number of rotatable bonds is 13. The highest BCUT2D eigenvalue weighted by molar-refractivity contribution is 5.79. The van der Waals surface area contributed by atoms with Crippen molar-refractivity contribution in [2.45, 2.75) is 39.8 Å². The Labute approximate surface area is 194 Å². The maximum Gasteiger partial charge on any atom is 0.191 e. The Morgan fingerprint density at radius 3 is 2.47 bits per heavy atom. The first kappa shape index (κ1) is 26.4.